The summed E-state index contributed by atoms with van der Waals surface area (Å²) in [6.07, 6.45) is 0. The number of Topliss-reactive ketones (excluding diaryl/α,β-unsaturated/α-hetero) is 1. The molecular weight excluding hydrogens is 372 g/mol. The van der Waals surface area contributed by atoms with Crippen molar-refractivity contribution in [2.45, 2.75) is 0 Å². The van der Waals surface area contributed by atoms with Gasteiger partial charge >= 0.3 is 11.9 Å². The molecule has 0 fully saturated rings. The van der Waals surface area contributed by atoms with Crippen molar-refractivity contribution in [3.05, 3.63) is 51.7 Å². The van der Waals surface area contributed by atoms with Gasteiger partial charge in [-0.15, -0.1) is 11.3 Å². The van der Waals surface area contributed by atoms with Gasteiger partial charge in [0.25, 0.3) is 0 Å². The molecular formula is C15H11BrO5S. The van der Waals surface area contributed by atoms with Crippen molar-refractivity contribution in [3.63, 3.8) is 0 Å². The van der Waals surface area contributed by atoms with Gasteiger partial charge in [-0.3, -0.25) is 4.79 Å². The lowest BCUT2D eigenvalue weighted by molar-refractivity contribution is 0.0594. The number of alkyl halides is 1. The molecule has 0 bridgehead atoms. The highest BCUT2D eigenvalue weighted by Crippen LogP contribution is 2.33. The van der Waals surface area contributed by atoms with Gasteiger partial charge in [-0.1, -0.05) is 34.1 Å². The Kier molecular flexibility index (Phi) is 5.46. The first-order chi connectivity index (χ1) is 10.6. The molecule has 0 saturated carbocycles. The number of ether oxygens (including phenoxy) is 2. The van der Waals surface area contributed by atoms with Gasteiger partial charge in [-0.2, -0.15) is 0 Å². The Morgan fingerprint density at radius 1 is 1.14 bits per heavy atom. The molecule has 2 rings (SSSR count). The van der Waals surface area contributed by atoms with Gasteiger partial charge in [0, 0.05) is 5.38 Å². The second-order valence-electron chi connectivity index (χ2n) is 4.11. The predicted octanol–water partition coefficient (Wildman–Crippen LogP) is 3.33. The first-order valence-corrected chi connectivity index (χ1v) is 8.14. The second kappa shape index (κ2) is 7.33. The Labute approximate surface area is 139 Å². The molecule has 7 heteroatoms. The summed E-state index contributed by atoms with van der Waals surface area (Å²) in [5.74, 6) is -1.65. The van der Waals surface area contributed by atoms with E-state index in [2.05, 4.69) is 20.7 Å². The zero-order chi connectivity index (χ0) is 16.1. The molecule has 1 heterocycles. The Morgan fingerprint density at radius 2 is 1.82 bits per heavy atom. The quantitative estimate of drug-likeness (QED) is 0.450. The minimum absolute atomic E-state index is 0.0566. The van der Waals surface area contributed by atoms with E-state index in [1.54, 1.807) is 30.3 Å². The number of benzene rings is 1. The first-order valence-electron chi connectivity index (χ1n) is 6.14. The van der Waals surface area contributed by atoms with Crippen LogP contribution in [0.2, 0.25) is 0 Å². The number of rotatable bonds is 5. The first kappa shape index (κ1) is 16.4. The van der Waals surface area contributed by atoms with Gasteiger partial charge < -0.3 is 9.47 Å². The smallest absolute Gasteiger partial charge is 0.343 e. The molecule has 22 heavy (non-hydrogen) atoms. The number of thiophene rings is 1. The van der Waals surface area contributed by atoms with E-state index in [9.17, 15) is 14.4 Å². The SMILES string of the molecule is COC(=O)c1csc(C(=O)CBr)c1OC(=O)c1ccccc1. The van der Waals surface area contributed by atoms with E-state index >= 15 is 0 Å². The molecule has 0 saturated heterocycles. The topological polar surface area (TPSA) is 69.7 Å². The van der Waals surface area contributed by atoms with E-state index in [0.717, 1.165) is 11.3 Å². The molecule has 1 aromatic carbocycles. The second-order valence-corrected chi connectivity index (χ2v) is 5.55. The van der Waals surface area contributed by atoms with Gasteiger partial charge in [-0.05, 0) is 12.1 Å². The monoisotopic (exact) mass is 382 g/mol. The largest absolute Gasteiger partial charge is 0.465 e. The average molecular weight is 383 g/mol. The van der Waals surface area contributed by atoms with E-state index in [-0.39, 0.29) is 27.3 Å². The average Bonchev–Trinajstić information content (AvgIpc) is 2.97. The number of ketones is 1. The third-order valence-electron chi connectivity index (χ3n) is 2.73. The minimum Gasteiger partial charge on any atom is -0.465 e. The van der Waals surface area contributed by atoms with Gasteiger partial charge in [-0.25, -0.2) is 9.59 Å². The van der Waals surface area contributed by atoms with Crippen LogP contribution in [0.5, 0.6) is 5.75 Å². The van der Waals surface area contributed by atoms with Crippen molar-refractivity contribution in [1.29, 1.82) is 0 Å². The fourth-order valence-electron chi connectivity index (χ4n) is 1.68. The van der Waals surface area contributed by atoms with Crippen molar-refractivity contribution in [2.75, 3.05) is 12.4 Å². The Balaban J connectivity index is 2.39. The van der Waals surface area contributed by atoms with Crippen LogP contribution < -0.4 is 4.74 Å². The molecule has 0 aliphatic carbocycles. The maximum atomic E-state index is 12.1. The lowest BCUT2D eigenvalue weighted by atomic mass is 10.2. The van der Waals surface area contributed by atoms with E-state index in [4.69, 9.17) is 4.74 Å². The summed E-state index contributed by atoms with van der Waals surface area (Å²) in [5, 5.41) is 1.50. The van der Waals surface area contributed by atoms with Crippen molar-refractivity contribution in [3.8, 4) is 5.75 Å². The standard InChI is InChI=1S/C15H11BrO5S/c1-20-15(19)10-8-22-13(11(17)7-16)12(10)21-14(18)9-5-3-2-4-6-9/h2-6,8H,7H2,1H3. The van der Waals surface area contributed by atoms with Crippen molar-refractivity contribution in [1.82, 2.24) is 0 Å². The number of hydrogen-bond donors (Lipinski definition) is 0. The summed E-state index contributed by atoms with van der Waals surface area (Å²) in [6, 6.07) is 8.31. The van der Waals surface area contributed by atoms with E-state index < -0.39 is 11.9 Å². The summed E-state index contributed by atoms with van der Waals surface area (Å²) in [7, 11) is 1.22. The van der Waals surface area contributed by atoms with Crippen LogP contribution in [0.15, 0.2) is 35.7 Å². The Bertz CT molecular complexity index is 674. The maximum Gasteiger partial charge on any atom is 0.343 e. The molecule has 0 spiro atoms. The highest BCUT2D eigenvalue weighted by molar-refractivity contribution is 9.09. The van der Waals surface area contributed by atoms with Gasteiger partial charge in [0.05, 0.1) is 18.0 Å². The van der Waals surface area contributed by atoms with Crippen LogP contribution in [-0.2, 0) is 4.74 Å². The van der Waals surface area contributed by atoms with Crippen LogP contribution in [0.25, 0.3) is 0 Å². The fourth-order valence-corrected chi connectivity index (χ4v) is 3.05. The van der Waals surface area contributed by atoms with Crippen LogP contribution in [0.1, 0.15) is 30.4 Å². The predicted molar refractivity (Wildman–Crippen MR) is 85.2 cm³/mol. The number of halogens is 1. The van der Waals surface area contributed by atoms with Gasteiger partial charge in [0.2, 0.25) is 0 Å². The lowest BCUT2D eigenvalue weighted by Crippen LogP contribution is -2.13. The summed E-state index contributed by atoms with van der Waals surface area (Å²) in [4.78, 5) is 36.0. The van der Waals surface area contributed by atoms with Crippen LogP contribution in [0.4, 0.5) is 0 Å². The molecule has 0 amide bonds. The maximum absolute atomic E-state index is 12.1. The molecule has 0 radical (unpaired) electrons. The highest BCUT2D eigenvalue weighted by atomic mass is 79.9. The molecule has 1 aromatic heterocycles. The Hall–Kier alpha value is -1.99. The van der Waals surface area contributed by atoms with Crippen LogP contribution in [-0.4, -0.2) is 30.2 Å². The zero-order valence-electron chi connectivity index (χ0n) is 11.5. The summed E-state index contributed by atoms with van der Waals surface area (Å²) in [5.41, 5.74) is 0.378. The van der Waals surface area contributed by atoms with E-state index in [1.807, 2.05) is 0 Å². The lowest BCUT2D eigenvalue weighted by Gasteiger charge is -2.07. The fraction of sp³-hybridized carbons (Fsp3) is 0.133. The molecule has 5 nitrogen and oxygen atoms in total. The molecule has 114 valence electrons. The number of esters is 2. The third kappa shape index (κ3) is 3.42. The molecule has 0 aliphatic heterocycles. The number of carbonyl (C=O) groups excluding carboxylic acids is 3. The van der Waals surface area contributed by atoms with E-state index in [1.165, 1.54) is 12.5 Å². The third-order valence-corrected chi connectivity index (χ3v) is 4.24. The van der Waals surface area contributed by atoms with Crippen LogP contribution >= 0.6 is 27.3 Å². The number of methoxy groups -OCH3 is 1. The summed E-state index contributed by atoms with van der Waals surface area (Å²) < 4.78 is 9.92. The number of hydrogen-bond acceptors (Lipinski definition) is 6. The Morgan fingerprint density at radius 3 is 2.41 bits per heavy atom. The van der Waals surface area contributed by atoms with Gasteiger partial charge in [0.15, 0.2) is 11.5 Å². The molecule has 0 N–H and O–H groups in total. The van der Waals surface area contributed by atoms with Gasteiger partial charge in [0.1, 0.15) is 10.4 Å². The van der Waals surface area contributed by atoms with Crippen molar-refractivity contribution in [2.24, 2.45) is 0 Å². The van der Waals surface area contributed by atoms with Crippen LogP contribution in [0.3, 0.4) is 0 Å². The van der Waals surface area contributed by atoms with Crippen molar-refractivity contribution >= 4 is 45.0 Å². The van der Waals surface area contributed by atoms with E-state index in [0.29, 0.717) is 5.56 Å². The summed E-state index contributed by atoms with van der Waals surface area (Å²) in [6.45, 7) is 0. The molecule has 0 aliphatic rings. The normalized spacial score (nSPS) is 10.1. The number of carbonyl (C=O) groups is 3. The van der Waals surface area contributed by atoms with Crippen LogP contribution in [0, 0.1) is 0 Å². The minimum atomic E-state index is -0.666. The zero-order valence-corrected chi connectivity index (χ0v) is 13.9. The highest BCUT2D eigenvalue weighted by Gasteiger charge is 2.26. The molecule has 2 aromatic rings. The molecule has 0 unspecified atom stereocenters. The molecule has 0 atom stereocenters. The summed E-state index contributed by atoms with van der Waals surface area (Å²) >= 11 is 4.09. The van der Waals surface area contributed by atoms with Crippen molar-refractivity contribution < 1.29 is 23.9 Å².